The zero-order valence-corrected chi connectivity index (χ0v) is 15.4. The van der Waals surface area contributed by atoms with Gasteiger partial charge in [-0.25, -0.2) is 4.39 Å². The monoisotopic (exact) mass is 360 g/mol. The van der Waals surface area contributed by atoms with Gasteiger partial charge in [0.15, 0.2) is 0 Å². The second kappa shape index (κ2) is 9.15. The predicted molar refractivity (Wildman–Crippen MR) is 98.7 cm³/mol. The number of likely N-dealkylation sites (tertiary alicyclic amines) is 1. The predicted octanol–water partition coefficient (Wildman–Crippen LogP) is 3.65. The lowest BCUT2D eigenvalue weighted by Gasteiger charge is -2.32. The van der Waals surface area contributed by atoms with Gasteiger partial charge >= 0.3 is 0 Å². The molecule has 1 saturated heterocycles. The van der Waals surface area contributed by atoms with Gasteiger partial charge in [-0.3, -0.25) is 9.59 Å². The van der Waals surface area contributed by atoms with Gasteiger partial charge in [-0.2, -0.15) is 0 Å². The molecule has 1 saturated carbocycles. The van der Waals surface area contributed by atoms with Crippen molar-refractivity contribution in [2.75, 3.05) is 13.1 Å². The van der Waals surface area contributed by atoms with Gasteiger partial charge in [-0.05, 0) is 42.9 Å². The maximum atomic E-state index is 13.3. The van der Waals surface area contributed by atoms with E-state index >= 15 is 0 Å². The van der Waals surface area contributed by atoms with Crippen LogP contribution >= 0.6 is 0 Å². The Morgan fingerprint density at radius 3 is 2.81 bits per heavy atom. The van der Waals surface area contributed by atoms with Gasteiger partial charge in [0.25, 0.3) is 0 Å². The third-order valence-electron chi connectivity index (χ3n) is 5.70. The number of halogens is 1. The molecule has 0 bridgehead atoms. The van der Waals surface area contributed by atoms with E-state index in [4.69, 9.17) is 0 Å². The molecule has 0 spiro atoms. The van der Waals surface area contributed by atoms with Gasteiger partial charge in [-0.15, -0.1) is 0 Å². The summed E-state index contributed by atoms with van der Waals surface area (Å²) >= 11 is 0. The summed E-state index contributed by atoms with van der Waals surface area (Å²) in [5.74, 6) is 0.477. The molecule has 3 rings (SSSR count). The SMILES string of the molecule is O=C(NCCCC1CCCC1)[C@H]1CCC(=O)N(Cc2cccc(F)c2)C1. The van der Waals surface area contributed by atoms with E-state index in [1.165, 1.54) is 44.2 Å². The number of nitrogens with zero attached hydrogens (tertiary/aromatic N) is 1. The van der Waals surface area contributed by atoms with Crippen LogP contribution in [0.2, 0.25) is 0 Å². The van der Waals surface area contributed by atoms with Crippen molar-refractivity contribution in [1.29, 1.82) is 0 Å². The number of rotatable bonds is 7. The Kier molecular flexibility index (Phi) is 6.64. The zero-order chi connectivity index (χ0) is 18.4. The number of hydrogen-bond acceptors (Lipinski definition) is 2. The third kappa shape index (κ3) is 5.29. The third-order valence-corrected chi connectivity index (χ3v) is 5.70. The molecule has 26 heavy (non-hydrogen) atoms. The summed E-state index contributed by atoms with van der Waals surface area (Å²) in [6.45, 7) is 1.51. The first-order valence-corrected chi connectivity index (χ1v) is 9.92. The van der Waals surface area contributed by atoms with E-state index in [1.807, 2.05) is 6.07 Å². The highest BCUT2D eigenvalue weighted by Crippen LogP contribution is 2.28. The minimum absolute atomic E-state index is 0.0412. The highest BCUT2D eigenvalue weighted by molar-refractivity contribution is 5.83. The van der Waals surface area contributed by atoms with Crippen molar-refractivity contribution in [2.24, 2.45) is 11.8 Å². The van der Waals surface area contributed by atoms with Crippen LogP contribution in [-0.2, 0) is 16.1 Å². The summed E-state index contributed by atoms with van der Waals surface area (Å²) in [4.78, 5) is 26.3. The Hall–Kier alpha value is -1.91. The van der Waals surface area contributed by atoms with Gasteiger partial charge in [-0.1, -0.05) is 37.8 Å². The number of hydrogen-bond donors (Lipinski definition) is 1. The average molecular weight is 360 g/mol. The number of benzene rings is 1. The number of carbonyl (C=O) groups excluding carboxylic acids is 2. The van der Waals surface area contributed by atoms with E-state index in [1.54, 1.807) is 11.0 Å². The fourth-order valence-electron chi connectivity index (χ4n) is 4.18. The average Bonchev–Trinajstić information content (AvgIpc) is 3.14. The Morgan fingerprint density at radius 2 is 2.04 bits per heavy atom. The lowest BCUT2D eigenvalue weighted by atomic mass is 9.96. The molecule has 142 valence electrons. The topological polar surface area (TPSA) is 49.4 Å². The van der Waals surface area contributed by atoms with Crippen LogP contribution in [-0.4, -0.2) is 29.8 Å². The maximum Gasteiger partial charge on any atom is 0.224 e. The molecule has 0 unspecified atom stereocenters. The van der Waals surface area contributed by atoms with Crippen molar-refractivity contribution in [1.82, 2.24) is 10.2 Å². The Labute approximate surface area is 155 Å². The van der Waals surface area contributed by atoms with E-state index in [0.29, 0.717) is 25.9 Å². The van der Waals surface area contributed by atoms with Crippen LogP contribution in [0.3, 0.4) is 0 Å². The van der Waals surface area contributed by atoms with E-state index in [-0.39, 0.29) is 23.5 Å². The van der Waals surface area contributed by atoms with Gasteiger partial charge in [0.05, 0.1) is 5.92 Å². The quantitative estimate of drug-likeness (QED) is 0.755. The lowest BCUT2D eigenvalue weighted by molar-refractivity contribution is -0.138. The summed E-state index contributed by atoms with van der Waals surface area (Å²) in [6, 6.07) is 6.29. The fraction of sp³-hybridized carbons (Fsp3) is 0.619. The van der Waals surface area contributed by atoms with Crippen molar-refractivity contribution in [2.45, 2.75) is 57.9 Å². The van der Waals surface area contributed by atoms with Crippen molar-refractivity contribution in [3.05, 3.63) is 35.6 Å². The molecule has 1 aromatic carbocycles. The molecule has 1 heterocycles. The molecule has 1 aliphatic carbocycles. The van der Waals surface area contributed by atoms with E-state index in [2.05, 4.69) is 5.32 Å². The largest absolute Gasteiger partial charge is 0.356 e. The van der Waals surface area contributed by atoms with Gasteiger partial charge in [0, 0.05) is 26.1 Å². The van der Waals surface area contributed by atoms with Gasteiger partial charge in [0.1, 0.15) is 5.82 Å². The van der Waals surface area contributed by atoms with Crippen LogP contribution in [0.15, 0.2) is 24.3 Å². The standard InChI is InChI=1S/C21H29FN2O2/c22-19-9-3-7-17(13-19)14-24-15-18(10-11-20(24)25)21(26)23-12-4-8-16-5-1-2-6-16/h3,7,9,13,16,18H,1-2,4-6,8,10-12,14-15H2,(H,23,26)/t18-/m0/s1. The number of amides is 2. The number of carbonyl (C=O) groups is 2. The minimum Gasteiger partial charge on any atom is -0.356 e. The van der Waals surface area contributed by atoms with Crippen molar-refractivity contribution in [3.63, 3.8) is 0 Å². The second-order valence-electron chi connectivity index (χ2n) is 7.72. The molecular formula is C21H29FN2O2. The Balaban J connectivity index is 1.44. The molecule has 0 aromatic heterocycles. The smallest absolute Gasteiger partial charge is 0.224 e. The zero-order valence-electron chi connectivity index (χ0n) is 15.4. The molecule has 1 aliphatic heterocycles. The van der Waals surface area contributed by atoms with E-state index in [9.17, 15) is 14.0 Å². The van der Waals surface area contributed by atoms with Crippen LogP contribution in [0.1, 0.15) is 56.9 Å². The highest BCUT2D eigenvalue weighted by atomic mass is 19.1. The number of nitrogens with one attached hydrogen (secondary N) is 1. The first-order chi connectivity index (χ1) is 12.6. The summed E-state index contributed by atoms with van der Waals surface area (Å²) in [5, 5.41) is 3.05. The molecule has 4 nitrogen and oxygen atoms in total. The van der Waals surface area contributed by atoms with Crippen LogP contribution in [0.25, 0.3) is 0 Å². The number of piperidine rings is 1. The van der Waals surface area contributed by atoms with Gasteiger partial charge < -0.3 is 10.2 Å². The molecular weight excluding hydrogens is 331 g/mol. The van der Waals surface area contributed by atoms with Crippen molar-refractivity contribution in [3.8, 4) is 0 Å². The molecule has 1 atom stereocenters. The summed E-state index contributed by atoms with van der Waals surface area (Å²) in [6.07, 6.45) is 8.62. The van der Waals surface area contributed by atoms with Crippen LogP contribution in [0.5, 0.6) is 0 Å². The molecule has 2 fully saturated rings. The Morgan fingerprint density at radius 1 is 1.23 bits per heavy atom. The molecule has 1 N–H and O–H groups in total. The van der Waals surface area contributed by atoms with Gasteiger partial charge in [0.2, 0.25) is 11.8 Å². The summed E-state index contributed by atoms with van der Waals surface area (Å²) in [5.41, 5.74) is 0.760. The van der Waals surface area contributed by atoms with E-state index in [0.717, 1.165) is 24.4 Å². The molecule has 5 heteroatoms. The maximum absolute atomic E-state index is 13.3. The summed E-state index contributed by atoms with van der Waals surface area (Å²) in [7, 11) is 0. The normalized spacial score (nSPS) is 21.2. The van der Waals surface area contributed by atoms with Crippen LogP contribution < -0.4 is 5.32 Å². The molecule has 2 amide bonds. The van der Waals surface area contributed by atoms with Crippen molar-refractivity contribution >= 4 is 11.8 Å². The van der Waals surface area contributed by atoms with E-state index < -0.39 is 0 Å². The first-order valence-electron chi connectivity index (χ1n) is 9.92. The second-order valence-corrected chi connectivity index (χ2v) is 7.72. The lowest BCUT2D eigenvalue weighted by Crippen LogP contribution is -2.45. The molecule has 1 aromatic rings. The first kappa shape index (κ1) is 18.9. The molecule has 2 aliphatic rings. The Bertz CT molecular complexity index is 628. The summed E-state index contributed by atoms with van der Waals surface area (Å²) < 4.78 is 13.3. The van der Waals surface area contributed by atoms with Crippen LogP contribution in [0, 0.1) is 17.7 Å². The fourth-order valence-corrected chi connectivity index (χ4v) is 4.18. The minimum atomic E-state index is -0.302. The van der Waals surface area contributed by atoms with Crippen molar-refractivity contribution < 1.29 is 14.0 Å². The van der Waals surface area contributed by atoms with Crippen LogP contribution in [0.4, 0.5) is 4.39 Å². The highest BCUT2D eigenvalue weighted by Gasteiger charge is 2.30. The molecule has 0 radical (unpaired) electrons.